The fourth-order valence-electron chi connectivity index (χ4n) is 1.93. The summed E-state index contributed by atoms with van der Waals surface area (Å²) >= 11 is 1.56. The molecule has 0 aliphatic carbocycles. The molecule has 1 amide bonds. The van der Waals surface area contributed by atoms with E-state index in [0.29, 0.717) is 5.56 Å². The summed E-state index contributed by atoms with van der Waals surface area (Å²) in [6.45, 7) is 3.83. The Morgan fingerprint density at radius 1 is 1.30 bits per heavy atom. The molecule has 0 spiro atoms. The van der Waals surface area contributed by atoms with Gasteiger partial charge in [-0.15, -0.1) is 11.3 Å². The highest BCUT2D eigenvalue weighted by Gasteiger charge is 2.10. The molecule has 1 aromatic heterocycles. The second kappa shape index (κ2) is 7.69. The summed E-state index contributed by atoms with van der Waals surface area (Å²) in [6.07, 6.45) is 3.15. The molecule has 1 N–H and O–H groups in total. The predicted octanol–water partition coefficient (Wildman–Crippen LogP) is 3.13. The average Bonchev–Trinajstić information content (AvgIpc) is 2.99. The van der Waals surface area contributed by atoms with Crippen LogP contribution in [0.2, 0.25) is 0 Å². The molecular formula is C17H18N2O3S. The zero-order valence-electron chi connectivity index (χ0n) is 13.2. The number of nitrogens with one attached hydrogen (secondary N) is 1. The molecule has 0 saturated heterocycles. The van der Waals surface area contributed by atoms with Crippen LogP contribution in [0.25, 0.3) is 6.08 Å². The van der Waals surface area contributed by atoms with Gasteiger partial charge in [0, 0.05) is 11.5 Å². The van der Waals surface area contributed by atoms with Gasteiger partial charge in [0.1, 0.15) is 0 Å². The number of carbonyl (C=O) groups is 2. The minimum atomic E-state index is -0.384. The highest BCUT2D eigenvalue weighted by Crippen LogP contribution is 2.15. The molecular weight excluding hydrogens is 312 g/mol. The van der Waals surface area contributed by atoms with Crippen LogP contribution in [0.1, 0.15) is 39.6 Å². The van der Waals surface area contributed by atoms with Gasteiger partial charge in [-0.2, -0.15) is 0 Å². The third kappa shape index (κ3) is 4.75. The highest BCUT2D eigenvalue weighted by molar-refractivity contribution is 7.09. The fraction of sp³-hybridized carbons (Fsp3) is 0.235. The number of methoxy groups -OCH3 is 1. The number of thiazole rings is 1. The van der Waals surface area contributed by atoms with Gasteiger partial charge in [0.05, 0.1) is 29.4 Å². The van der Waals surface area contributed by atoms with Crippen molar-refractivity contribution in [3.05, 3.63) is 57.6 Å². The number of hydrogen-bond donors (Lipinski definition) is 1. The number of aryl methyl sites for hydroxylation is 1. The first-order chi connectivity index (χ1) is 11.0. The van der Waals surface area contributed by atoms with Gasteiger partial charge in [-0.05, 0) is 37.6 Å². The van der Waals surface area contributed by atoms with Crippen LogP contribution in [0, 0.1) is 6.92 Å². The van der Waals surface area contributed by atoms with E-state index in [0.717, 1.165) is 16.3 Å². The maximum Gasteiger partial charge on any atom is 0.337 e. The van der Waals surface area contributed by atoms with Gasteiger partial charge in [-0.25, -0.2) is 9.78 Å². The molecule has 6 heteroatoms. The Morgan fingerprint density at radius 2 is 2.00 bits per heavy atom. The van der Waals surface area contributed by atoms with E-state index in [9.17, 15) is 9.59 Å². The van der Waals surface area contributed by atoms with E-state index in [4.69, 9.17) is 0 Å². The second-order valence-electron chi connectivity index (χ2n) is 4.97. The second-order valence-corrected chi connectivity index (χ2v) is 6.03. The van der Waals surface area contributed by atoms with Crippen molar-refractivity contribution in [2.45, 2.75) is 19.9 Å². The zero-order chi connectivity index (χ0) is 16.8. The van der Waals surface area contributed by atoms with Crippen molar-refractivity contribution in [3.8, 4) is 0 Å². The first-order valence-electron chi connectivity index (χ1n) is 7.08. The van der Waals surface area contributed by atoms with Crippen LogP contribution < -0.4 is 5.32 Å². The van der Waals surface area contributed by atoms with E-state index in [1.807, 2.05) is 19.2 Å². The number of hydrogen-bond acceptors (Lipinski definition) is 5. The molecule has 1 heterocycles. The number of rotatable bonds is 5. The highest BCUT2D eigenvalue weighted by atomic mass is 32.1. The van der Waals surface area contributed by atoms with Gasteiger partial charge >= 0.3 is 5.97 Å². The van der Waals surface area contributed by atoms with Crippen molar-refractivity contribution >= 4 is 29.3 Å². The Bertz CT molecular complexity index is 720. The number of ether oxygens (including phenoxy) is 1. The van der Waals surface area contributed by atoms with Crippen molar-refractivity contribution in [2.24, 2.45) is 0 Å². The molecule has 1 atom stereocenters. The summed E-state index contributed by atoms with van der Waals surface area (Å²) in [5.74, 6) is -0.578. The first-order valence-corrected chi connectivity index (χ1v) is 7.96. The lowest BCUT2D eigenvalue weighted by Gasteiger charge is -2.09. The van der Waals surface area contributed by atoms with Crippen molar-refractivity contribution in [3.63, 3.8) is 0 Å². The van der Waals surface area contributed by atoms with E-state index in [2.05, 4.69) is 15.0 Å². The lowest BCUT2D eigenvalue weighted by molar-refractivity contribution is -0.117. The lowest BCUT2D eigenvalue weighted by Crippen LogP contribution is -2.24. The molecule has 0 bridgehead atoms. The number of carbonyl (C=O) groups excluding carboxylic acids is 2. The largest absolute Gasteiger partial charge is 0.465 e. The molecule has 0 aliphatic heterocycles. The number of benzene rings is 1. The molecule has 1 unspecified atom stereocenters. The van der Waals surface area contributed by atoms with Crippen molar-refractivity contribution in [1.82, 2.24) is 10.3 Å². The third-order valence-corrected chi connectivity index (χ3v) is 3.99. The topological polar surface area (TPSA) is 68.3 Å². The van der Waals surface area contributed by atoms with Crippen molar-refractivity contribution < 1.29 is 14.3 Å². The Labute approximate surface area is 139 Å². The molecule has 0 fully saturated rings. The summed E-state index contributed by atoms with van der Waals surface area (Å²) in [5.41, 5.74) is 2.16. The van der Waals surface area contributed by atoms with Gasteiger partial charge < -0.3 is 10.1 Å². The minimum absolute atomic E-state index is 0.140. The van der Waals surface area contributed by atoms with Crippen LogP contribution >= 0.6 is 11.3 Å². The van der Waals surface area contributed by atoms with Crippen LogP contribution in [0.5, 0.6) is 0 Å². The normalized spacial score (nSPS) is 12.1. The number of nitrogens with zero attached hydrogens (tertiary/aromatic N) is 1. The summed E-state index contributed by atoms with van der Waals surface area (Å²) in [7, 11) is 1.34. The SMILES string of the molecule is COC(=O)c1ccc(/C=C/C(=O)NC(C)c2csc(C)n2)cc1. The first kappa shape index (κ1) is 16.9. The van der Waals surface area contributed by atoms with Crippen LogP contribution in [0.4, 0.5) is 0 Å². The maximum absolute atomic E-state index is 11.9. The van der Waals surface area contributed by atoms with Gasteiger partial charge in [-0.1, -0.05) is 12.1 Å². The summed E-state index contributed by atoms with van der Waals surface area (Å²) in [5, 5.41) is 5.78. The summed E-state index contributed by atoms with van der Waals surface area (Å²) in [4.78, 5) is 27.6. The third-order valence-electron chi connectivity index (χ3n) is 3.20. The van der Waals surface area contributed by atoms with Crippen molar-refractivity contribution in [2.75, 3.05) is 7.11 Å². The molecule has 5 nitrogen and oxygen atoms in total. The van der Waals surface area contributed by atoms with Gasteiger partial charge in [-0.3, -0.25) is 4.79 Å². The number of esters is 1. The fourth-order valence-corrected chi connectivity index (χ4v) is 2.64. The predicted molar refractivity (Wildman–Crippen MR) is 90.2 cm³/mol. The van der Waals surface area contributed by atoms with Crippen LogP contribution in [0.15, 0.2) is 35.7 Å². The molecule has 23 heavy (non-hydrogen) atoms. The molecule has 2 aromatic rings. The Balaban J connectivity index is 1.94. The molecule has 0 radical (unpaired) electrons. The molecule has 2 rings (SSSR count). The number of aromatic nitrogens is 1. The Morgan fingerprint density at radius 3 is 2.57 bits per heavy atom. The van der Waals surface area contributed by atoms with Crippen LogP contribution in [0.3, 0.4) is 0 Å². The lowest BCUT2D eigenvalue weighted by atomic mass is 10.1. The standard InChI is InChI=1S/C17H18N2O3S/c1-11(15-10-23-12(2)19-15)18-16(20)9-6-13-4-7-14(8-5-13)17(21)22-3/h4-11H,1-3H3,(H,18,20)/b9-6+. The van der Waals surface area contributed by atoms with Gasteiger partial charge in [0.2, 0.25) is 5.91 Å². The van der Waals surface area contributed by atoms with Gasteiger partial charge in [0.15, 0.2) is 0 Å². The van der Waals surface area contributed by atoms with Crippen LogP contribution in [-0.4, -0.2) is 24.0 Å². The van der Waals surface area contributed by atoms with Gasteiger partial charge in [0.25, 0.3) is 0 Å². The Kier molecular flexibility index (Phi) is 5.65. The molecule has 0 aliphatic rings. The van der Waals surface area contributed by atoms with Crippen molar-refractivity contribution in [1.29, 1.82) is 0 Å². The minimum Gasteiger partial charge on any atom is -0.465 e. The van der Waals surface area contributed by atoms with E-state index in [1.165, 1.54) is 13.2 Å². The van der Waals surface area contributed by atoms with E-state index < -0.39 is 0 Å². The summed E-state index contributed by atoms with van der Waals surface area (Å²) < 4.78 is 4.64. The van der Waals surface area contributed by atoms with Crippen LogP contribution in [-0.2, 0) is 9.53 Å². The smallest absolute Gasteiger partial charge is 0.337 e. The van der Waals surface area contributed by atoms with E-state index in [1.54, 1.807) is 41.7 Å². The molecule has 120 valence electrons. The Hall–Kier alpha value is -2.47. The average molecular weight is 330 g/mol. The molecule has 1 aromatic carbocycles. The van der Waals surface area contributed by atoms with E-state index >= 15 is 0 Å². The summed E-state index contributed by atoms with van der Waals surface area (Å²) in [6, 6.07) is 6.68. The monoisotopic (exact) mass is 330 g/mol. The maximum atomic E-state index is 11.9. The quantitative estimate of drug-likeness (QED) is 0.675. The van der Waals surface area contributed by atoms with E-state index in [-0.39, 0.29) is 17.9 Å². The number of amides is 1. The zero-order valence-corrected chi connectivity index (χ0v) is 14.0. The molecule has 0 saturated carbocycles.